The van der Waals surface area contributed by atoms with Gasteiger partial charge in [-0.2, -0.15) is 13.2 Å². The quantitative estimate of drug-likeness (QED) is 0.348. The molecule has 1 unspecified atom stereocenters. The Kier molecular flexibility index (Phi) is 11.2. The summed E-state index contributed by atoms with van der Waals surface area (Å²) in [6, 6.07) is 8.78. The topological polar surface area (TPSA) is 54.0 Å². The van der Waals surface area contributed by atoms with Gasteiger partial charge in [0.15, 0.2) is 0 Å². The Balaban J connectivity index is 1.48. The Morgan fingerprint density at radius 1 is 0.923 bits per heavy atom. The van der Waals surface area contributed by atoms with Crippen LogP contribution in [0.4, 0.5) is 13.2 Å². The zero-order valence-electron chi connectivity index (χ0n) is 23.7. The first-order valence-corrected chi connectivity index (χ1v) is 13.7. The fraction of sp³-hybridized carbons (Fsp3) is 0.567. The number of nitrogens with one attached hydrogen (secondary N) is 1. The summed E-state index contributed by atoms with van der Waals surface area (Å²) in [4.78, 5) is 16.9. The van der Waals surface area contributed by atoms with Gasteiger partial charge in [0, 0.05) is 44.3 Å². The first-order valence-electron chi connectivity index (χ1n) is 13.7. The largest absolute Gasteiger partial charge is 0.493 e. The molecule has 1 saturated heterocycles. The van der Waals surface area contributed by atoms with E-state index in [4.69, 9.17) is 9.47 Å². The van der Waals surface area contributed by atoms with Crippen LogP contribution in [0.5, 0.6) is 5.75 Å². The number of hydrogen-bond acceptors (Lipinski definition) is 5. The maximum absolute atomic E-state index is 12.8. The van der Waals surface area contributed by atoms with Crippen LogP contribution in [0.1, 0.15) is 65.8 Å². The third-order valence-corrected chi connectivity index (χ3v) is 7.32. The van der Waals surface area contributed by atoms with Gasteiger partial charge in [-0.25, -0.2) is 0 Å². The van der Waals surface area contributed by atoms with E-state index < -0.39 is 11.7 Å². The van der Waals surface area contributed by atoms with Crippen molar-refractivity contribution in [3.05, 3.63) is 64.2 Å². The molecule has 0 spiro atoms. The van der Waals surface area contributed by atoms with Crippen molar-refractivity contribution < 1.29 is 27.4 Å². The van der Waals surface area contributed by atoms with Gasteiger partial charge in [0.2, 0.25) is 0 Å². The van der Waals surface area contributed by atoms with Gasteiger partial charge >= 0.3 is 6.18 Å². The monoisotopic (exact) mass is 549 g/mol. The third kappa shape index (κ3) is 8.68. The van der Waals surface area contributed by atoms with E-state index in [0.29, 0.717) is 39.4 Å². The van der Waals surface area contributed by atoms with Crippen LogP contribution in [0.25, 0.3) is 0 Å². The zero-order chi connectivity index (χ0) is 28.6. The standard InChI is InChI=1S/C30H42F3N3O3/c1-21(2)38-20-14-34-13-6-19-39-28-12-11-27(22(3)23(28)4)24(5)35-15-17-36(18-16-35)29(37)25-7-9-26(10-8-25)30(31,32)33/h7-12,21,24,34H,6,13-20H2,1-5H3. The van der Waals surface area contributed by atoms with E-state index in [0.717, 1.165) is 43.0 Å². The molecule has 1 atom stereocenters. The SMILES string of the molecule is Cc1c(OCCCNCCOC(C)C)ccc(C(C)N2CCN(C(=O)c3ccc(C(F)(F)F)cc3)CC2)c1C. The summed E-state index contributed by atoms with van der Waals surface area (Å²) < 4.78 is 50.1. The number of carbonyl (C=O) groups is 1. The Morgan fingerprint density at radius 2 is 1.59 bits per heavy atom. The highest BCUT2D eigenvalue weighted by Crippen LogP contribution is 2.32. The molecule has 0 bridgehead atoms. The fourth-order valence-corrected chi connectivity index (χ4v) is 4.79. The summed E-state index contributed by atoms with van der Waals surface area (Å²) in [5, 5.41) is 3.36. The summed E-state index contributed by atoms with van der Waals surface area (Å²) >= 11 is 0. The van der Waals surface area contributed by atoms with Crippen LogP contribution in [0.2, 0.25) is 0 Å². The predicted molar refractivity (Wildman–Crippen MR) is 147 cm³/mol. The molecule has 39 heavy (non-hydrogen) atoms. The number of hydrogen-bond donors (Lipinski definition) is 1. The van der Waals surface area contributed by atoms with Crippen LogP contribution in [0, 0.1) is 13.8 Å². The van der Waals surface area contributed by atoms with Crippen molar-refractivity contribution in [3.8, 4) is 5.75 Å². The highest BCUT2D eigenvalue weighted by atomic mass is 19.4. The van der Waals surface area contributed by atoms with E-state index in [1.165, 1.54) is 23.3 Å². The van der Waals surface area contributed by atoms with Crippen molar-refractivity contribution in [1.82, 2.24) is 15.1 Å². The fourth-order valence-electron chi connectivity index (χ4n) is 4.79. The molecule has 0 aliphatic carbocycles. The number of alkyl halides is 3. The summed E-state index contributed by atoms with van der Waals surface area (Å²) in [7, 11) is 0. The van der Waals surface area contributed by atoms with Gasteiger partial charge in [0.1, 0.15) is 5.75 Å². The number of nitrogens with zero attached hydrogens (tertiary/aromatic N) is 2. The van der Waals surface area contributed by atoms with Crippen LogP contribution in [0.3, 0.4) is 0 Å². The van der Waals surface area contributed by atoms with Gasteiger partial charge in [0.05, 0.1) is 24.9 Å². The molecule has 1 heterocycles. The Labute approximate surface area is 230 Å². The molecular weight excluding hydrogens is 507 g/mol. The van der Waals surface area contributed by atoms with Crippen LogP contribution < -0.4 is 10.1 Å². The highest BCUT2D eigenvalue weighted by molar-refractivity contribution is 5.94. The number of carbonyl (C=O) groups excluding carboxylic acids is 1. The minimum Gasteiger partial charge on any atom is -0.493 e. The lowest BCUT2D eigenvalue weighted by atomic mass is 9.96. The smallest absolute Gasteiger partial charge is 0.416 e. The number of halogens is 3. The molecule has 216 valence electrons. The maximum Gasteiger partial charge on any atom is 0.416 e. The number of ether oxygens (including phenoxy) is 2. The van der Waals surface area contributed by atoms with Crippen LogP contribution in [-0.4, -0.2) is 74.3 Å². The van der Waals surface area contributed by atoms with Crippen molar-refractivity contribution in [2.45, 2.75) is 59.4 Å². The van der Waals surface area contributed by atoms with Gasteiger partial charge in [-0.15, -0.1) is 0 Å². The molecular formula is C30H42F3N3O3. The van der Waals surface area contributed by atoms with E-state index in [1.54, 1.807) is 4.90 Å². The van der Waals surface area contributed by atoms with Gasteiger partial charge < -0.3 is 19.7 Å². The summed E-state index contributed by atoms with van der Waals surface area (Å²) in [6.45, 7) is 15.9. The molecule has 1 N–H and O–H groups in total. The van der Waals surface area contributed by atoms with E-state index in [1.807, 2.05) is 19.9 Å². The number of benzene rings is 2. The second-order valence-electron chi connectivity index (χ2n) is 10.4. The van der Waals surface area contributed by atoms with E-state index in [2.05, 4.69) is 37.1 Å². The van der Waals surface area contributed by atoms with Gasteiger partial charge in [0.25, 0.3) is 5.91 Å². The first kappa shape index (κ1) is 30.9. The number of rotatable bonds is 12. The second-order valence-corrected chi connectivity index (χ2v) is 10.4. The van der Waals surface area contributed by atoms with E-state index in [9.17, 15) is 18.0 Å². The van der Waals surface area contributed by atoms with Crippen molar-refractivity contribution in [1.29, 1.82) is 0 Å². The van der Waals surface area contributed by atoms with E-state index >= 15 is 0 Å². The van der Waals surface area contributed by atoms with Crippen LogP contribution in [-0.2, 0) is 10.9 Å². The number of piperazine rings is 1. The lowest BCUT2D eigenvalue weighted by molar-refractivity contribution is -0.137. The molecule has 1 fully saturated rings. The van der Waals surface area contributed by atoms with Crippen LogP contribution in [0.15, 0.2) is 36.4 Å². The molecule has 3 rings (SSSR count). The lowest BCUT2D eigenvalue weighted by Crippen LogP contribution is -2.49. The number of amides is 1. The van der Waals surface area contributed by atoms with Crippen molar-refractivity contribution >= 4 is 5.91 Å². The average molecular weight is 550 g/mol. The minimum absolute atomic E-state index is 0.165. The molecule has 1 aliphatic heterocycles. The molecule has 0 radical (unpaired) electrons. The molecule has 6 nitrogen and oxygen atoms in total. The normalized spacial score (nSPS) is 15.6. The van der Waals surface area contributed by atoms with Crippen molar-refractivity contribution in [2.24, 2.45) is 0 Å². The first-order chi connectivity index (χ1) is 18.5. The molecule has 0 saturated carbocycles. The predicted octanol–water partition coefficient (Wildman–Crippen LogP) is 5.62. The molecule has 9 heteroatoms. The zero-order valence-corrected chi connectivity index (χ0v) is 23.7. The minimum atomic E-state index is -4.41. The summed E-state index contributed by atoms with van der Waals surface area (Å²) in [5.74, 6) is 0.669. The van der Waals surface area contributed by atoms with Crippen molar-refractivity contribution in [3.63, 3.8) is 0 Å². The third-order valence-electron chi connectivity index (χ3n) is 7.32. The Morgan fingerprint density at radius 3 is 2.21 bits per heavy atom. The van der Waals surface area contributed by atoms with Gasteiger partial charge in [-0.1, -0.05) is 6.07 Å². The molecule has 1 amide bonds. The molecule has 2 aromatic rings. The van der Waals surface area contributed by atoms with Crippen LogP contribution >= 0.6 is 0 Å². The Bertz CT molecular complexity index is 1070. The van der Waals surface area contributed by atoms with Gasteiger partial charge in [-0.05, 0) is 94.6 Å². The van der Waals surface area contributed by atoms with Crippen molar-refractivity contribution in [2.75, 3.05) is 52.5 Å². The summed E-state index contributed by atoms with van der Waals surface area (Å²) in [6.07, 6.45) is -3.25. The average Bonchev–Trinajstić information content (AvgIpc) is 2.91. The van der Waals surface area contributed by atoms with E-state index in [-0.39, 0.29) is 23.6 Å². The molecule has 0 aromatic heterocycles. The molecule has 2 aromatic carbocycles. The Hall–Kier alpha value is -2.62. The second kappa shape index (κ2) is 14.1. The lowest BCUT2D eigenvalue weighted by Gasteiger charge is -2.39. The molecule has 1 aliphatic rings. The maximum atomic E-state index is 12.8. The highest BCUT2D eigenvalue weighted by Gasteiger charge is 2.31. The summed E-state index contributed by atoms with van der Waals surface area (Å²) in [5.41, 5.74) is 3.09. The van der Waals surface area contributed by atoms with Gasteiger partial charge in [-0.3, -0.25) is 9.69 Å².